The van der Waals surface area contributed by atoms with E-state index in [0.29, 0.717) is 12.3 Å². The number of rotatable bonds is 3. The molecule has 1 heterocycles. The molecule has 0 atom stereocenters. The van der Waals surface area contributed by atoms with E-state index in [2.05, 4.69) is 4.99 Å². The molecule has 1 aromatic carbocycles. The van der Waals surface area contributed by atoms with Gasteiger partial charge in [0.15, 0.2) is 0 Å². The summed E-state index contributed by atoms with van der Waals surface area (Å²) < 4.78 is 6.30. The van der Waals surface area contributed by atoms with Crippen molar-refractivity contribution < 1.29 is 9.53 Å². The van der Waals surface area contributed by atoms with Crippen LogP contribution in [-0.4, -0.2) is 22.4 Å². The molecule has 0 amide bonds. The van der Waals surface area contributed by atoms with Crippen molar-refractivity contribution in [3.05, 3.63) is 35.0 Å². The Morgan fingerprint density at radius 2 is 2.26 bits per heavy atom. The molecule has 5 heteroatoms. The van der Waals surface area contributed by atoms with Crippen LogP contribution in [0.2, 0.25) is 0 Å². The van der Waals surface area contributed by atoms with E-state index in [1.807, 2.05) is 44.4 Å². The number of hydrogen-bond acceptors (Lipinski definition) is 5. The number of carbonyl (C=O) groups excluding carboxylic acids is 1. The second-order valence-electron chi connectivity index (χ2n) is 3.96. The second kappa shape index (κ2) is 6.30. The van der Waals surface area contributed by atoms with Gasteiger partial charge in [-0.15, -0.1) is 11.8 Å². The molecular weight excluding hydrogens is 278 g/mol. The van der Waals surface area contributed by atoms with Crippen LogP contribution >= 0.6 is 23.5 Å². The average Bonchev–Trinajstić information content (AvgIpc) is 2.74. The molecule has 1 aliphatic heterocycles. The molecule has 0 N–H and O–H groups in total. The first-order chi connectivity index (χ1) is 9.13. The first-order valence-corrected chi connectivity index (χ1v) is 7.98. The summed E-state index contributed by atoms with van der Waals surface area (Å²) in [5, 5.41) is 0.0101. The van der Waals surface area contributed by atoms with Crippen LogP contribution < -0.4 is 4.74 Å². The fourth-order valence-corrected chi connectivity index (χ4v) is 2.98. The Labute approximate surface area is 121 Å². The molecule has 0 spiro atoms. The molecule has 1 aromatic rings. The summed E-state index contributed by atoms with van der Waals surface area (Å²) >= 11 is 2.68. The van der Waals surface area contributed by atoms with Gasteiger partial charge in [-0.1, -0.05) is 6.07 Å². The zero-order valence-electron chi connectivity index (χ0n) is 11.1. The van der Waals surface area contributed by atoms with Gasteiger partial charge in [0.25, 0.3) is 0 Å². The van der Waals surface area contributed by atoms with E-state index in [1.54, 1.807) is 0 Å². The van der Waals surface area contributed by atoms with Gasteiger partial charge in [0.1, 0.15) is 15.8 Å². The Kier molecular flexibility index (Phi) is 4.71. The second-order valence-corrected chi connectivity index (χ2v) is 5.97. The molecule has 0 saturated heterocycles. The maximum absolute atomic E-state index is 11.7. The van der Waals surface area contributed by atoms with E-state index in [4.69, 9.17) is 4.74 Å². The summed E-state index contributed by atoms with van der Waals surface area (Å²) in [6.45, 7) is 4.61. The van der Waals surface area contributed by atoms with Crippen molar-refractivity contribution in [3.8, 4) is 5.75 Å². The van der Waals surface area contributed by atoms with Crippen LogP contribution in [0.15, 0.2) is 28.9 Å². The highest BCUT2D eigenvalue weighted by Gasteiger charge is 2.21. The lowest BCUT2D eigenvalue weighted by molar-refractivity contribution is -0.107. The van der Waals surface area contributed by atoms with Crippen LogP contribution in [-0.2, 0) is 4.79 Å². The molecular formula is C14H15NO2S2. The maximum Gasteiger partial charge on any atom is 0.244 e. The van der Waals surface area contributed by atoms with Crippen molar-refractivity contribution >= 4 is 39.1 Å². The summed E-state index contributed by atoms with van der Waals surface area (Å²) in [7, 11) is 0. The lowest BCUT2D eigenvalue weighted by Gasteiger charge is -2.07. The fourth-order valence-electron chi connectivity index (χ4n) is 1.71. The van der Waals surface area contributed by atoms with Gasteiger partial charge in [0.05, 0.1) is 6.61 Å². The largest absolute Gasteiger partial charge is 0.494 e. The fraction of sp³-hybridized carbons (Fsp3) is 0.286. The molecule has 0 fully saturated rings. The van der Waals surface area contributed by atoms with Gasteiger partial charge in [-0.25, -0.2) is 4.99 Å². The molecule has 3 nitrogen and oxygen atoms in total. The highest BCUT2D eigenvalue weighted by molar-refractivity contribution is 8.45. The average molecular weight is 293 g/mol. The minimum atomic E-state index is 0.0101. The number of ether oxygens (including phenoxy) is 1. The Balaban J connectivity index is 2.26. The molecule has 0 unspecified atom stereocenters. The van der Waals surface area contributed by atoms with Crippen LogP contribution in [0.25, 0.3) is 6.08 Å². The highest BCUT2D eigenvalue weighted by atomic mass is 32.2. The van der Waals surface area contributed by atoms with E-state index < -0.39 is 0 Å². The summed E-state index contributed by atoms with van der Waals surface area (Å²) in [5.41, 5.74) is 2.54. The van der Waals surface area contributed by atoms with E-state index in [-0.39, 0.29) is 5.12 Å². The van der Waals surface area contributed by atoms with Gasteiger partial charge in [0, 0.05) is 0 Å². The standard InChI is InChI=1S/C14H15NO2S2/c1-4-17-12-6-5-10(7-9(12)2)8-11-13(16)19-14(15-11)18-3/h5-8H,4H2,1-3H3/b11-8+. The lowest BCUT2D eigenvalue weighted by Crippen LogP contribution is -1.94. The molecule has 0 radical (unpaired) electrons. The number of thioether (sulfide) groups is 2. The van der Waals surface area contributed by atoms with E-state index >= 15 is 0 Å². The highest BCUT2D eigenvalue weighted by Crippen LogP contribution is 2.30. The first kappa shape index (κ1) is 14.2. The molecule has 0 saturated carbocycles. The van der Waals surface area contributed by atoms with Crippen LogP contribution in [0.5, 0.6) is 5.75 Å². The third-order valence-electron chi connectivity index (χ3n) is 2.58. The monoisotopic (exact) mass is 293 g/mol. The number of benzene rings is 1. The van der Waals surface area contributed by atoms with Crippen LogP contribution in [0.4, 0.5) is 0 Å². The van der Waals surface area contributed by atoms with Crippen LogP contribution in [0, 0.1) is 6.92 Å². The van der Waals surface area contributed by atoms with Gasteiger partial charge in [-0.2, -0.15) is 0 Å². The molecule has 0 aromatic heterocycles. The van der Waals surface area contributed by atoms with Crippen molar-refractivity contribution in [1.82, 2.24) is 0 Å². The Hall–Kier alpha value is -1.20. The third-order valence-corrected chi connectivity index (χ3v) is 4.43. The van der Waals surface area contributed by atoms with Crippen LogP contribution in [0.3, 0.4) is 0 Å². The van der Waals surface area contributed by atoms with E-state index in [0.717, 1.165) is 21.3 Å². The Morgan fingerprint density at radius 3 is 2.84 bits per heavy atom. The summed E-state index contributed by atoms with van der Waals surface area (Å²) in [5.74, 6) is 0.880. The zero-order chi connectivity index (χ0) is 13.8. The lowest BCUT2D eigenvalue weighted by atomic mass is 10.1. The van der Waals surface area contributed by atoms with Crippen molar-refractivity contribution in [2.45, 2.75) is 13.8 Å². The quantitative estimate of drug-likeness (QED) is 0.796. The minimum Gasteiger partial charge on any atom is -0.494 e. The normalized spacial score (nSPS) is 16.9. The van der Waals surface area contributed by atoms with Gasteiger partial charge < -0.3 is 4.74 Å². The van der Waals surface area contributed by atoms with Gasteiger partial charge in [-0.3, -0.25) is 4.79 Å². The number of nitrogens with zero attached hydrogens (tertiary/aromatic N) is 1. The molecule has 100 valence electrons. The first-order valence-electron chi connectivity index (χ1n) is 5.94. The molecule has 1 aliphatic rings. The predicted molar refractivity (Wildman–Crippen MR) is 83.9 cm³/mol. The van der Waals surface area contributed by atoms with Crippen molar-refractivity contribution in [3.63, 3.8) is 0 Å². The molecule has 0 bridgehead atoms. The molecule has 19 heavy (non-hydrogen) atoms. The number of aliphatic imine (C=N–C) groups is 1. The number of hydrogen-bond donors (Lipinski definition) is 0. The number of aryl methyl sites for hydroxylation is 1. The van der Waals surface area contributed by atoms with Gasteiger partial charge in [-0.05, 0) is 61.2 Å². The Morgan fingerprint density at radius 1 is 1.47 bits per heavy atom. The van der Waals surface area contributed by atoms with Crippen molar-refractivity contribution in [1.29, 1.82) is 0 Å². The molecule has 0 aliphatic carbocycles. The minimum absolute atomic E-state index is 0.0101. The Bertz CT molecular complexity index is 565. The zero-order valence-corrected chi connectivity index (χ0v) is 12.7. The van der Waals surface area contributed by atoms with Crippen molar-refractivity contribution in [2.24, 2.45) is 4.99 Å². The van der Waals surface area contributed by atoms with E-state index in [9.17, 15) is 4.79 Å². The summed E-state index contributed by atoms with van der Waals surface area (Å²) in [6, 6.07) is 5.87. The SMILES string of the molecule is CCOc1ccc(/C=C2/N=C(SC)SC2=O)cc1C. The summed E-state index contributed by atoms with van der Waals surface area (Å²) in [4.78, 5) is 16.0. The maximum atomic E-state index is 11.7. The van der Waals surface area contributed by atoms with Gasteiger partial charge >= 0.3 is 0 Å². The third kappa shape index (κ3) is 3.42. The number of carbonyl (C=O) groups is 1. The smallest absolute Gasteiger partial charge is 0.244 e. The van der Waals surface area contributed by atoms with Crippen molar-refractivity contribution in [2.75, 3.05) is 12.9 Å². The summed E-state index contributed by atoms with van der Waals surface area (Å²) in [6.07, 6.45) is 3.74. The topological polar surface area (TPSA) is 38.7 Å². The van der Waals surface area contributed by atoms with E-state index in [1.165, 1.54) is 23.5 Å². The van der Waals surface area contributed by atoms with Gasteiger partial charge in [0.2, 0.25) is 5.12 Å². The molecule has 2 rings (SSSR count). The van der Waals surface area contributed by atoms with Crippen LogP contribution in [0.1, 0.15) is 18.1 Å². The predicted octanol–water partition coefficient (Wildman–Crippen LogP) is 3.73.